The zero-order valence-corrected chi connectivity index (χ0v) is 17.1. The average molecular weight is 399 g/mol. The molecule has 1 unspecified atom stereocenters. The van der Waals surface area contributed by atoms with Crippen molar-refractivity contribution >= 4 is 23.8 Å². The first-order chi connectivity index (χ1) is 12.6. The largest absolute Gasteiger partial charge is 0.493 e. The SMILES string of the molecule is COc1cc(C2SC[C@H](C(=O)O)N2C(=O)OC(C)(C)C)cc(OC)c1OC. The van der Waals surface area contributed by atoms with Crippen LogP contribution < -0.4 is 14.2 Å². The molecule has 27 heavy (non-hydrogen) atoms. The number of hydrogen-bond acceptors (Lipinski definition) is 7. The zero-order valence-electron chi connectivity index (χ0n) is 16.3. The molecule has 1 amide bonds. The smallest absolute Gasteiger partial charge is 0.412 e. The van der Waals surface area contributed by atoms with Gasteiger partial charge in [0.25, 0.3) is 0 Å². The van der Waals surface area contributed by atoms with E-state index in [2.05, 4.69) is 0 Å². The predicted molar refractivity (Wildman–Crippen MR) is 101 cm³/mol. The molecule has 1 heterocycles. The first-order valence-electron chi connectivity index (χ1n) is 8.28. The number of carbonyl (C=O) groups is 2. The molecule has 9 heteroatoms. The molecule has 1 aromatic carbocycles. The molecule has 0 aliphatic carbocycles. The van der Waals surface area contributed by atoms with Crippen LogP contribution in [-0.4, -0.2) is 60.8 Å². The highest BCUT2D eigenvalue weighted by molar-refractivity contribution is 7.99. The third-order valence-electron chi connectivity index (χ3n) is 3.86. The summed E-state index contributed by atoms with van der Waals surface area (Å²) in [6.45, 7) is 5.20. The number of carboxylic acids is 1. The van der Waals surface area contributed by atoms with Crippen molar-refractivity contribution in [3.8, 4) is 17.2 Å². The van der Waals surface area contributed by atoms with Gasteiger partial charge in [0.05, 0.1) is 21.3 Å². The zero-order chi connectivity index (χ0) is 20.4. The van der Waals surface area contributed by atoms with Gasteiger partial charge >= 0.3 is 12.1 Å². The molecule has 0 radical (unpaired) electrons. The van der Waals surface area contributed by atoms with Crippen LogP contribution in [0.1, 0.15) is 31.7 Å². The number of thioether (sulfide) groups is 1. The van der Waals surface area contributed by atoms with Crippen molar-refractivity contribution in [2.75, 3.05) is 27.1 Å². The van der Waals surface area contributed by atoms with Gasteiger partial charge < -0.3 is 24.1 Å². The third-order valence-corrected chi connectivity index (χ3v) is 5.19. The van der Waals surface area contributed by atoms with Crippen molar-refractivity contribution in [1.29, 1.82) is 0 Å². The Labute approximate surface area is 162 Å². The van der Waals surface area contributed by atoms with Gasteiger partial charge in [-0.1, -0.05) is 0 Å². The number of hydrogen-bond donors (Lipinski definition) is 1. The molecule has 0 aromatic heterocycles. The maximum absolute atomic E-state index is 12.7. The maximum atomic E-state index is 12.7. The number of methoxy groups -OCH3 is 3. The number of carboxylic acid groups (broad SMARTS) is 1. The lowest BCUT2D eigenvalue weighted by Gasteiger charge is -2.30. The second kappa shape index (κ2) is 8.16. The van der Waals surface area contributed by atoms with E-state index < -0.39 is 29.1 Å². The number of benzene rings is 1. The Kier molecular flexibility index (Phi) is 6.35. The summed E-state index contributed by atoms with van der Waals surface area (Å²) in [6, 6.07) is 2.43. The highest BCUT2D eigenvalue weighted by Crippen LogP contribution is 2.47. The molecule has 1 saturated heterocycles. The minimum atomic E-state index is -1.08. The van der Waals surface area contributed by atoms with Crippen LogP contribution in [0, 0.1) is 0 Å². The molecule has 8 nitrogen and oxygen atoms in total. The fourth-order valence-corrected chi connectivity index (χ4v) is 4.12. The van der Waals surface area contributed by atoms with Crippen molar-refractivity contribution in [1.82, 2.24) is 4.90 Å². The summed E-state index contributed by atoms with van der Waals surface area (Å²) in [7, 11) is 4.49. The number of carbonyl (C=O) groups excluding carboxylic acids is 1. The van der Waals surface area contributed by atoms with Crippen LogP contribution in [0.3, 0.4) is 0 Å². The molecule has 0 saturated carbocycles. The average Bonchev–Trinajstić information content (AvgIpc) is 3.04. The van der Waals surface area contributed by atoms with E-state index in [1.54, 1.807) is 32.9 Å². The van der Waals surface area contributed by atoms with Crippen LogP contribution in [0.4, 0.5) is 4.79 Å². The first-order valence-corrected chi connectivity index (χ1v) is 9.33. The quantitative estimate of drug-likeness (QED) is 0.807. The lowest BCUT2D eigenvalue weighted by Crippen LogP contribution is -2.45. The second-order valence-electron chi connectivity index (χ2n) is 6.89. The second-order valence-corrected chi connectivity index (χ2v) is 8.00. The molecule has 0 spiro atoms. The van der Waals surface area contributed by atoms with E-state index in [1.807, 2.05) is 0 Å². The van der Waals surface area contributed by atoms with Gasteiger partial charge in [0, 0.05) is 5.75 Å². The summed E-state index contributed by atoms with van der Waals surface area (Å²) in [5, 5.41) is 8.99. The molecular weight excluding hydrogens is 374 g/mol. The first kappa shape index (κ1) is 21.0. The number of rotatable bonds is 5. The topological polar surface area (TPSA) is 94.5 Å². The predicted octanol–water partition coefficient (Wildman–Crippen LogP) is 3.15. The molecular formula is C18H25NO7S. The van der Waals surface area contributed by atoms with E-state index >= 15 is 0 Å². The number of ether oxygens (including phenoxy) is 4. The van der Waals surface area contributed by atoms with E-state index in [4.69, 9.17) is 18.9 Å². The molecule has 2 rings (SSSR count). The Morgan fingerprint density at radius 1 is 1.11 bits per heavy atom. The van der Waals surface area contributed by atoms with Crippen LogP contribution in [0.25, 0.3) is 0 Å². The molecule has 0 bridgehead atoms. The third kappa shape index (κ3) is 4.52. The molecule has 1 N–H and O–H groups in total. The van der Waals surface area contributed by atoms with E-state index in [0.717, 1.165) is 0 Å². The van der Waals surface area contributed by atoms with Crippen LogP contribution in [0.2, 0.25) is 0 Å². The van der Waals surface area contributed by atoms with Crippen molar-refractivity contribution < 1.29 is 33.6 Å². The van der Waals surface area contributed by atoms with Crippen LogP contribution >= 0.6 is 11.8 Å². The lowest BCUT2D eigenvalue weighted by atomic mass is 10.1. The normalized spacial score (nSPS) is 19.6. The van der Waals surface area contributed by atoms with Crippen molar-refractivity contribution in [3.63, 3.8) is 0 Å². The summed E-state index contributed by atoms with van der Waals surface area (Å²) in [5.41, 5.74) is -0.0862. The molecule has 1 aromatic rings. The lowest BCUT2D eigenvalue weighted by molar-refractivity contribution is -0.142. The Bertz CT molecular complexity index is 691. The summed E-state index contributed by atoms with van der Waals surface area (Å²) in [6.07, 6.45) is -0.682. The number of amides is 1. The van der Waals surface area contributed by atoms with E-state index in [0.29, 0.717) is 22.8 Å². The Hall–Kier alpha value is -2.29. The van der Waals surface area contributed by atoms with Gasteiger partial charge in [-0.15, -0.1) is 11.8 Å². The van der Waals surface area contributed by atoms with E-state index in [1.165, 1.54) is 38.0 Å². The van der Waals surface area contributed by atoms with Crippen molar-refractivity contribution in [2.45, 2.75) is 37.8 Å². The molecule has 1 fully saturated rings. The van der Waals surface area contributed by atoms with Gasteiger partial charge in [-0.3, -0.25) is 4.90 Å². The van der Waals surface area contributed by atoms with Crippen LogP contribution in [0.5, 0.6) is 17.2 Å². The van der Waals surface area contributed by atoms with E-state index in [-0.39, 0.29) is 5.75 Å². The molecule has 150 valence electrons. The number of nitrogens with zero attached hydrogens (tertiary/aromatic N) is 1. The van der Waals surface area contributed by atoms with Crippen molar-refractivity contribution in [3.05, 3.63) is 17.7 Å². The van der Waals surface area contributed by atoms with Gasteiger partial charge in [-0.2, -0.15) is 0 Å². The standard InChI is InChI=1S/C18H25NO7S/c1-18(2,3)26-17(22)19-11(16(20)21)9-27-15(19)10-7-12(23-4)14(25-6)13(8-10)24-5/h7-8,11,15H,9H2,1-6H3,(H,20,21)/t11-,15?/m1/s1. The molecule has 1 aliphatic rings. The highest BCUT2D eigenvalue weighted by Gasteiger charge is 2.44. The fourth-order valence-electron chi connectivity index (χ4n) is 2.73. The van der Waals surface area contributed by atoms with Crippen LogP contribution in [0.15, 0.2) is 12.1 Å². The summed E-state index contributed by atoms with van der Waals surface area (Å²) in [4.78, 5) is 25.7. The number of aliphatic carboxylic acids is 1. The Morgan fingerprint density at radius 3 is 2.07 bits per heavy atom. The summed E-state index contributed by atoms with van der Waals surface area (Å²) in [5.74, 6) is 0.440. The maximum Gasteiger partial charge on any atom is 0.412 e. The van der Waals surface area contributed by atoms with Crippen molar-refractivity contribution in [2.24, 2.45) is 0 Å². The summed E-state index contributed by atoms with van der Waals surface area (Å²) < 4.78 is 21.5. The molecule has 2 atom stereocenters. The summed E-state index contributed by atoms with van der Waals surface area (Å²) >= 11 is 1.34. The molecule has 1 aliphatic heterocycles. The monoisotopic (exact) mass is 399 g/mol. The van der Waals surface area contributed by atoms with Gasteiger partial charge in [0.2, 0.25) is 5.75 Å². The van der Waals surface area contributed by atoms with Gasteiger partial charge in [0.15, 0.2) is 11.5 Å². The minimum absolute atomic E-state index is 0.246. The Balaban J connectivity index is 2.48. The van der Waals surface area contributed by atoms with Crippen LogP contribution in [-0.2, 0) is 9.53 Å². The highest BCUT2D eigenvalue weighted by atomic mass is 32.2. The minimum Gasteiger partial charge on any atom is -0.493 e. The fraction of sp³-hybridized carbons (Fsp3) is 0.556. The Morgan fingerprint density at radius 2 is 1.67 bits per heavy atom. The van der Waals surface area contributed by atoms with Gasteiger partial charge in [0.1, 0.15) is 17.0 Å². The van der Waals surface area contributed by atoms with Gasteiger partial charge in [-0.05, 0) is 38.5 Å². The van der Waals surface area contributed by atoms with Gasteiger partial charge in [-0.25, -0.2) is 9.59 Å². The van der Waals surface area contributed by atoms with E-state index in [9.17, 15) is 14.7 Å².